The number of carbonyl (C=O) groups is 1. The first kappa shape index (κ1) is 12.5. The largest absolute Gasteiger partial charge is 0.456 e. The third kappa shape index (κ3) is 3.52. The van der Waals surface area contributed by atoms with Gasteiger partial charge >= 0.3 is 5.97 Å². The van der Waals surface area contributed by atoms with Gasteiger partial charge < -0.3 is 4.74 Å². The van der Waals surface area contributed by atoms with Crippen LogP contribution in [0.15, 0.2) is 12.1 Å². The van der Waals surface area contributed by atoms with Gasteiger partial charge in [0.1, 0.15) is 22.5 Å². The summed E-state index contributed by atoms with van der Waals surface area (Å²) in [6, 6.07) is 4.54. The van der Waals surface area contributed by atoms with E-state index in [1.165, 1.54) is 12.1 Å². The molecule has 0 radical (unpaired) electrons. The van der Waals surface area contributed by atoms with E-state index in [2.05, 4.69) is 4.98 Å². The van der Waals surface area contributed by atoms with Gasteiger partial charge in [-0.2, -0.15) is 5.26 Å². The monoisotopic (exact) mass is 238 g/mol. The molecule has 4 nitrogen and oxygen atoms in total. The molecule has 0 unspecified atom stereocenters. The Morgan fingerprint density at radius 3 is 2.62 bits per heavy atom. The van der Waals surface area contributed by atoms with E-state index >= 15 is 0 Å². The lowest BCUT2D eigenvalue weighted by Gasteiger charge is -2.19. The number of carbonyl (C=O) groups excluding carboxylic acids is 1. The molecule has 0 atom stereocenters. The Bertz CT molecular complexity index is 458. The zero-order chi connectivity index (χ0) is 12.3. The van der Waals surface area contributed by atoms with E-state index in [-0.39, 0.29) is 16.4 Å². The van der Waals surface area contributed by atoms with Crippen molar-refractivity contribution in [1.29, 1.82) is 5.26 Å². The zero-order valence-corrected chi connectivity index (χ0v) is 10.00. The van der Waals surface area contributed by atoms with E-state index in [9.17, 15) is 4.79 Å². The number of hydrogen-bond acceptors (Lipinski definition) is 4. The van der Waals surface area contributed by atoms with Crippen LogP contribution in [0.3, 0.4) is 0 Å². The molecule has 0 amide bonds. The van der Waals surface area contributed by atoms with Gasteiger partial charge in [0.25, 0.3) is 0 Å². The van der Waals surface area contributed by atoms with Crippen molar-refractivity contribution in [1.82, 2.24) is 4.98 Å². The molecule has 1 aromatic heterocycles. The second-order valence-electron chi connectivity index (χ2n) is 4.18. The van der Waals surface area contributed by atoms with Crippen molar-refractivity contribution in [3.8, 4) is 6.07 Å². The molecule has 16 heavy (non-hydrogen) atoms. The fourth-order valence-electron chi connectivity index (χ4n) is 1.01. The summed E-state index contributed by atoms with van der Waals surface area (Å²) in [5.74, 6) is -0.520. The highest BCUT2D eigenvalue weighted by molar-refractivity contribution is 6.29. The summed E-state index contributed by atoms with van der Waals surface area (Å²) in [5.41, 5.74) is -0.264. The predicted octanol–water partition coefficient (Wildman–Crippen LogP) is 2.56. The third-order valence-corrected chi connectivity index (χ3v) is 1.74. The Labute approximate surface area is 98.8 Å². The molecule has 0 saturated heterocycles. The first-order valence-corrected chi connectivity index (χ1v) is 5.00. The number of rotatable bonds is 1. The number of halogens is 1. The van der Waals surface area contributed by atoms with Crippen molar-refractivity contribution in [2.45, 2.75) is 26.4 Å². The topological polar surface area (TPSA) is 63.0 Å². The first-order chi connectivity index (χ1) is 7.31. The molecule has 1 rings (SSSR count). The molecule has 0 aliphatic carbocycles. The molecular formula is C11H11ClN2O2. The maximum Gasteiger partial charge on any atom is 0.338 e. The van der Waals surface area contributed by atoms with E-state index in [0.717, 1.165) is 0 Å². The lowest BCUT2D eigenvalue weighted by Crippen LogP contribution is -2.24. The summed E-state index contributed by atoms with van der Waals surface area (Å²) in [5, 5.41) is 8.77. The van der Waals surface area contributed by atoms with Crippen LogP contribution in [0.5, 0.6) is 0 Å². The van der Waals surface area contributed by atoms with Gasteiger partial charge in [-0.15, -0.1) is 0 Å². The highest BCUT2D eigenvalue weighted by atomic mass is 35.5. The van der Waals surface area contributed by atoms with Crippen LogP contribution >= 0.6 is 11.6 Å². The molecule has 0 bridgehead atoms. The lowest BCUT2D eigenvalue weighted by atomic mass is 10.2. The fraction of sp³-hybridized carbons (Fsp3) is 0.364. The highest BCUT2D eigenvalue weighted by Gasteiger charge is 2.18. The molecule has 0 fully saturated rings. The zero-order valence-electron chi connectivity index (χ0n) is 9.24. The van der Waals surface area contributed by atoms with Gasteiger partial charge in [0.05, 0.1) is 5.56 Å². The van der Waals surface area contributed by atoms with Gasteiger partial charge in [0, 0.05) is 0 Å². The molecular weight excluding hydrogens is 228 g/mol. The van der Waals surface area contributed by atoms with Gasteiger partial charge in [0.15, 0.2) is 0 Å². The van der Waals surface area contributed by atoms with Crippen LogP contribution in [0.1, 0.15) is 36.8 Å². The van der Waals surface area contributed by atoms with E-state index in [0.29, 0.717) is 0 Å². The smallest absolute Gasteiger partial charge is 0.338 e. The van der Waals surface area contributed by atoms with E-state index in [1.54, 1.807) is 20.8 Å². The molecule has 1 heterocycles. The summed E-state index contributed by atoms with van der Waals surface area (Å²) in [6.45, 7) is 5.29. The SMILES string of the molecule is CC(C)(C)OC(=O)c1cc(Cl)nc(C#N)c1. The third-order valence-electron chi connectivity index (χ3n) is 1.54. The number of pyridine rings is 1. The minimum absolute atomic E-state index is 0.0911. The average molecular weight is 239 g/mol. The van der Waals surface area contributed by atoms with Gasteiger partial charge in [-0.05, 0) is 32.9 Å². The summed E-state index contributed by atoms with van der Waals surface area (Å²) in [4.78, 5) is 15.4. The van der Waals surface area contributed by atoms with Crippen LogP contribution in [-0.2, 0) is 4.74 Å². The summed E-state index contributed by atoms with van der Waals surface area (Å²) < 4.78 is 5.14. The number of nitrogens with zero attached hydrogens (tertiary/aromatic N) is 2. The molecule has 5 heteroatoms. The molecule has 0 aliphatic heterocycles. The quantitative estimate of drug-likeness (QED) is 0.557. The second kappa shape index (κ2) is 4.50. The molecule has 0 saturated carbocycles. The average Bonchev–Trinajstić information content (AvgIpc) is 2.14. The van der Waals surface area contributed by atoms with Crippen molar-refractivity contribution in [3.63, 3.8) is 0 Å². The van der Waals surface area contributed by atoms with Crippen LogP contribution < -0.4 is 0 Å². The fourth-order valence-corrected chi connectivity index (χ4v) is 1.22. The summed E-state index contributed by atoms with van der Waals surface area (Å²) in [6.07, 6.45) is 0. The molecule has 1 aromatic rings. The molecule has 0 aromatic carbocycles. The second-order valence-corrected chi connectivity index (χ2v) is 4.56. The van der Waals surface area contributed by atoms with Crippen LogP contribution in [0.4, 0.5) is 0 Å². The normalized spacial score (nSPS) is 10.7. The van der Waals surface area contributed by atoms with Crippen LogP contribution in [0.2, 0.25) is 5.15 Å². The molecule has 84 valence electrons. The van der Waals surface area contributed by atoms with E-state index in [4.69, 9.17) is 21.6 Å². The summed E-state index contributed by atoms with van der Waals surface area (Å²) in [7, 11) is 0. The van der Waals surface area contributed by atoms with Gasteiger partial charge in [-0.3, -0.25) is 0 Å². The van der Waals surface area contributed by atoms with E-state index in [1.807, 2.05) is 6.07 Å². The van der Waals surface area contributed by atoms with Gasteiger partial charge in [-0.1, -0.05) is 11.6 Å². The van der Waals surface area contributed by atoms with Crippen LogP contribution in [-0.4, -0.2) is 16.6 Å². The van der Waals surface area contributed by atoms with E-state index < -0.39 is 11.6 Å². The Morgan fingerprint density at radius 1 is 1.50 bits per heavy atom. The maximum absolute atomic E-state index is 11.7. The summed E-state index contributed by atoms with van der Waals surface area (Å²) >= 11 is 5.67. The van der Waals surface area contributed by atoms with Crippen molar-refractivity contribution in [2.24, 2.45) is 0 Å². The maximum atomic E-state index is 11.7. The Balaban J connectivity index is 3.01. The van der Waals surface area contributed by atoms with Crippen LogP contribution in [0.25, 0.3) is 0 Å². The van der Waals surface area contributed by atoms with Crippen molar-refractivity contribution in [3.05, 3.63) is 28.5 Å². The number of esters is 1. The Morgan fingerprint density at radius 2 is 2.12 bits per heavy atom. The van der Waals surface area contributed by atoms with Crippen molar-refractivity contribution >= 4 is 17.6 Å². The number of aromatic nitrogens is 1. The minimum atomic E-state index is -0.584. The van der Waals surface area contributed by atoms with Gasteiger partial charge in [0.2, 0.25) is 0 Å². The number of nitriles is 1. The van der Waals surface area contributed by atoms with Crippen molar-refractivity contribution in [2.75, 3.05) is 0 Å². The standard InChI is InChI=1S/C11H11ClN2O2/c1-11(2,3)16-10(15)7-4-8(6-13)14-9(12)5-7/h4-5H,1-3H3. The number of hydrogen-bond donors (Lipinski definition) is 0. The minimum Gasteiger partial charge on any atom is -0.456 e. The van der Waals surface area contributed by atoms with Crippen LogP contribution in [0, 0.1) is 11.3 Å². The van der Waals surface area contributed by atoms with Gasteiger partial charge in [-0.25, -0.2) is 9.78 Å². The van der Waals surface area contributed by atoms with Crippen molar-refractivity contribution < 1.29 is 9.53 Å². The number of ether oxygens (including phenoxy) is 1. The first-order valence-electron chi connectivity index (χ1n) is 4.63. The molecule has 0 spiro atoms. The highest BCUT2D eigenvalue weighted by Crippen LogP contribution is 2.15. The molecule has 0 aliphatic rings. The Hall–Kier alpha value is -1.60. The predicted molar refractivity (Wildman–Crippen MR) is 59.1 cm³/mol. The Kier molecular flexibility index (Phi) is 3.51. The molecule has 0 N–H and O–H groups in total. The lowest BCUT2D eigenvalue weighted by molar-refractivity contribution is 0.00693.